The van der Waals surface area contributed by atoms with E-state index in [1.807, 2.05) is 0 Å². The maximum atomic E-state index is 6.53. The number of hydrogen-bond acceptors (Lipinski definition) is 2. The maximum Gasteiger partial charge on any atom is 0.161 e. The minimum Gasteiger partial charge on any atom is -0.490 e. The molecule has 0 unspecified atom stereocenters. The lowest BCUT2D eigenvalue weighted by Gasteiger charge is -2.17. The Bertz CT molecular complexity index is 1350. The van der Waals surface area contributed by atoms with Crippen LogP contribution in [0.25, 0.3) is 32.3 Å². The summed E-state index contributed by atoms with van der Waals surface area (Å²) in [5.74, 6) is 1.77. The first-order valence-electron chi connectivity index (χ1n) is 18.7. The third kappa shape index (κ3) is 11.7. The zero-order valence-electron chi connectivity index (χ0n) is 28.7. The van der Waals surface area contributed by atoms with Gasteiger partial charge in [-0.3, -0.25) is 0 Å². The molecule has 0 amide bonds. The second-order valence-electron chi connectivity index (χ2n) is 13.3. The fraction of sp³-hybridized carbons (Fsp3) is 0.571. The summed E-state index contributed by atoms with van der Waals surface area (Å²) < 4.78 is 15.2. The molecular formula is C42H58Br2O2. The van der Waals surface area contributed by atoms with E-state index < -0.39 is 0 Å². The molecule has 0 saturated heterocycles. The molecule has 0 aliphatic heterocycles. The zero-order chi connectivity index (χ0) is 32.4. The van der Waals surface area contributed by atoms with Crippen LogP contribution in [0, 0.1) is 0 Å². The molecule has 46 heavy (non-hydrogen) atoms. The van der Waals surface area contributed by atoms with Gasteiger partial charge in [-0.05, 0) is 81.6 Å². The lowest BCUT2D eigenvalue weighted by molar-refractivity contribution is 0.259. The highest BCUT2D eigenvalue weighted by Gasteiger charge is 2.15. The quantitative estimate of drug-likeness (QED) is 0.0524. The Morgan fingerprint density at radius 2 is 0.674 bits per heavy atom. The smallest absolute Gasteiger partial charge is 0.161 e. The second-order valence-corrected chi connectivity index (χ2v) is 15.1. The minimum atomic E-state index is 0.737. The van der Waals surface area contributed by atoms with Gasteiger partial charge in [0, 0.05) is 8.95 Å². The molecule has 0 atom stereocenters. The average molecular weight is 755 g/mol. The topological polar surface area (TPSA) is 18.5 Å². The summed E-state index contributed by atoms with van der Waals surface area (Å²) in [6.45, 7) is 6.05. The number of halogens is 2. The highest BCUT2D eigenvalue weighted by Crippen LogP contribution is 2.42. The van der Waals surface area contributed by atoms with Crippen molar-refractivity contribution in [3.05, 3.63) is 57.5 Å². The zero-order valence-corrected chi connectivity index (χ0v) is 31.9. The van der Waals surface area contributed by atoms with E-state index in [0.717, 1.165) is 46.5 Å². The van der Waals surface area contributed by atoms with Gasteiger partial charge in [-0.2, -0.15) is 0 Å². The highest BCUT2D eigenvalue weighted by atomic mass is 79.9. The Kier molecular flexibility index (Phi) is 17.1. The Balaban J connectivity index is 1.41. The van der Waals surface area contributed by atoms with E-state index in [2.05, 4.69) is 94.2 Å². The van der Waals surface area contributed by atoms with Gasteiger partial charge in [-0.1, -0.05) is 173 Å². The predicted octanol–water partition coefficient (Wildman–Crippen LogP) is 15.3. The summed E-state index contributed by atoms with van der Waals surface area (Å²) >= 11 is 7.43. The summed E-state index contributed by atoms with van der Waals surface area (Å²) in [6, 6.07) is 17.7. The van der Waals surface area contributed by atoms with E-state index in [0.29, 0.717) is 0 Å². The van der Waals surface area contributed by atoms with Crippen molar-refractivity contribution in [1.29, 1.82) is 0 Å². The van der Waals surface area contributed by atoms with Gasteiger partial charge in [0.05, 0.1) is 13.2 Å². The second kappa shape index (κ2) is 21.2. The first-order valence-corrected chi connectivity index (χ1v) is 20.2. The van der Waals surface area contributed by atoms with Crippen LogP contribution in [0.15, 0.2) is 57.5 Å². The molecule has 0 heterocycles. The third-order valence-electron chi connectivity index (χ3n) is 9.43. The number of benzene rings is 4. The number of fused-ring (bicyclic) bond motifs is 6. The molecule has 252 valence electrons. The molecule has 0 N–H and O–H groups in total. The first-order chi connectivity index (χ1) is 22.6. The third-order valence-corrected chi connectivity index (χ3v) is 10.4. The number of ether oxygens (including phenoxy) is 2. The molecule has 0 radical (unpaired) electrons. The van der Waals surface area contributed by atoms with Gasteiger partial charge in [-0.15, -0.1) is 0 Å². The van der Waals surface area contributed by atoms with Crippen molar-refractivity contribution < 1.29 is 9.47 Å². The predicted molar refractivity (Wildman–Crippen MR) is 209 cm³/mol. The molecule has 0 spiro atoms. The summed E-state index contributed by atoms with van der Waals surface area (Å²) in [5.41, 5.74) is 0. The Hall–Kier alpha value is -1.78. The summed E-state index contributed by atoms with van der Waals surface area (Å²) in [5, 5.41) is 7.43. The van der Waals surface area contributed by atoms with Gasteiger partial charge in [0.2, 0.25) is 0 Å². The largest absolute Gasteiger partial charge is 0.490 e. The van der Waals surface area contributed by atoms with Gasteiger partial charge in [-0.25, -0.2) is 0 Å². The van der Waals surface area contributed by atoms with Crippen LogP contribution in [0.5, 0.6) is 11.5 Å². The minimum absolute atomic E-state index is 0.737. The molecule has 0 fully saturated rings. The molecule has 4 aromatic carbocycles. The molecule has 0 aliphatic carbocycles. The van der Waals surface area contributed by atoms with Gasteiger partial charge in [0.15, 0.2) is 11.5 Å². The monoisotopic (exact) mass is 752 g/mol. The van der Waals surface area contributed by atoms with Gasteiger partial charge in [0.25, 0.3) is 0 Å². The number of hydrogen-bond donors (Lipinski definition) is 0. The normalized spacial score (nSPS) is 11.7. The maximum absolute atomic E-state index is 6.53. The van der Waals surface area contributed by atoms with Crippen molar-refractivity contribution in [3.8, 4) is 11.5 Å². The van der Waals surface area contributed by atoms with Crippen molar-refractivity contribution in [2.45, 2.75) is 142 Å². The lowest BCUT2D eigenvalue weighted by Crippen LogP contribution is -2.03. The molecule has 0 aromatic heterocycles. The molecule has 2 nitrogen and oxygen atoms in total. The van der Waals surface area contributed by atoms with E-state index in [9.17, 15) is 0 Å². The summed E-state index contributed by atoms with van der Waals surface area (Å²) in [4.78, 5) is 0. The van der Waals surface area contributed by atoms with Crippen LogP contribution in [0.2, 0.25) is 0 Å². The van der Waals surface area contributed by atoms with Crippen LogP contribution in [0.4, 0.5) is 0 Å². The van der Waals surface area contributed by atoms with Crippen LogP contribution >= 0.6 is 31.9 Å². The molecule has 4 heteroatoms. The standard InChI is InChI=1S/C42H58Br2O2/c1-3-5-7-9-11-13-15-17-19-21-27-45-41-31-39-35-25-23-33(43)29-37(35)38-30-34(44)24-26-36(38)40(39)32-42(41)46-28-22-20-18-16-14-12-10-8-6-4-2/h23-26,29-32H,3-22,27-28H2,1-2H3. The highest BCUT2D eigenvalue weighted by molar-refractivity contribution is 9.10. The molecule has 0 bridgehead atoms. The number of unbranched alkanes of at least 4 members (excludes halogenated alkanes) is 18. The SMILES string of the molecule is CCCCCCCCCCCCOc1cc2c3ccc(Br)cc3c3cc(Br)ccc3c2cc1OCCCCCCCCCCCC. The molecular weight excluding hydrogens is 696 g/mol. The van der Waals surface area contributed by atoms with E-state index >= 15 is 0 Å². The van der Waals surface area contributed by atoms with E-state index in [1.165, 1.54) is 148 Å². The molecule has 4 aromatic rings. The van der Waals surface area contributed by atoms with Crippen LogP contribution in [-0.2, 0) is 0 Å². The number of rotatable bonds is 24. The Morgan fingerprint density at radius 3 is 1.02 bits per heavy atom. The van der Waals surface area contributed by atoms with Crippen molar-refractivity contribution in [3.63, 3.8) is 0 Å². The Labute approximate surface area is 296 Å². The van der Waals surface area contributed by atoms with Crippen molar-refractivity contribution in [2.75, 3.05) is 13.2 Å². The Morgan fingerprint density at radius 1 is 0.370 bits per heavy atom. The average Bonchev–Trinajstić information content (AvgIpc) is 3.06. The van der Waals surface area contributed by atoms with Gasteiger partial charge < -0.3 is 9.47 Å². The van der Waals surface area contributed by atoms with Crippen molar-refractivity contribution in [1.82, 2.24) is 0 Å². The molecule has 4 rings (SSSR count). The van der Waals surface area contributed by atoms with Crippen LogP contribution in [-0.4, -0.2) is 13.2 Å². The van der Waals surface area contributed by atoms with Crippen LogP contribution < -0.4 is 9.47 Å². The molecule has 0 saturated carbocycles. The van der Waals surface area contributed by atoms with Gasteiger partial charge >= 0.3 is 0 Å². The van der Waals surface area contributed by atoms with E-state index in [1.54, 1.807) is 0 Å². The fourth-order valence-electron chi connectivity index (χ4n) is 6.72. The van der Waals surface area contributed by atoms with Crippen molar-refractivity contribution >= 4 is 64.2 Å². The van der Waals surface area contributed by atoms with Crippen LogP contribution in [0.1, 0.15) is 142 Å². The summed E-state index contributed by atoms with van der Waals surface area (Å²) in [6.07, 6.45) is 26.5. The van der Waals surface area contributed by atoms with E-state index in [-0.39, 0.29) is 0 Å². The first kappa shape index (κ1) is 37.0. The molecule has 0 aliphatic rings. The summed E-state index contributed by atoms with van der Waals surface area (Å²) in [7, 11) is 0. The fourth-order valence-corrected chi connectivity index (χ4v) is 7.44. The van der Waals surface area contributed by atoms with Crippen LogP contribution in [0.3, 0.4) is 0 Å². The van der Waals surface area contributed by atoms with Gasteiger partial charge in [0.1, 0.15) is 0 Å². The van der Waals surface area contributed by atoms with E-state index in [4.69, 9.17) is 9.47 Å². The van der Waals surface area contributed by atoms with Crippen molar-refractivity contribution in [2.24, 2.45) is 0 Å². The lowest BCUT2D eigenvalue weighted by atomic mass is 9.94.